The Morgan fingerprint density at radius 2 is 1.17 bits per heavy atom. The zero-order valence-electron chi connectivity index (χ0n) is 17.5. The van der Waals surface area contributed by atoms with E-state index in [0.717, 1.165) is 19.3 Å². The van der Waals surface area contributed by atoms with Crippen molar-refractivity contribution in [3.8, 4) is 22.3 Å². The molecule has 0 saturated carbocycles. The largest absolute Gasteiger partial charge is 0.0648 e. The quantitative estimate of drug-likeness (QED) is 0.293. The molecular weight excluding hydrogens is 360 g/mol. The summed E-state index contributed by atoms with van der Waals surface area (Å²) in [4.78, 5) is 0. The van der Waals surface area contributed by atoms with Gasteiger partial charge in [-0.05, 0) is 87.2 Å². The summed E-state index contributed by atoms with van der Waals surface area (Å²) in [7, 11) is 0. The maximum atomic E-state index is 2.48. The van der Waals surface area contributed by atoms with Gasteiger partial charge >= 0.3 is 0 Å². The van der Waals surface area contributed by atoms with Gasteiger partial charge in [0.05, 0.1) is 0 Å². The van der Waals surface area contributed by atoms with Crippen LogP contribution in [0.15, 0.2) is 84.9 Å². The Hall–Kier alpha value is -3.12. The average Bonchev–Trinajstić information content (AvgIpc) is 3.34. The van der Waals surface area contributed by atoms with Crippen LogP contribution >= 0.6 is 0 Å². The Kier molecular flexibility index (Phi) is 4.13. The Morgan fingerprint density at radius 1 is 0.600 bits per heavy atom. The lowest BCUT2D eigenvalue weighted by Crippen LogP contribution is -2.03. The lowest BCUT2D eigenvalue weighted by Gasteiger charge is -2.18. The molecule has 146 valence electrons. The van der Waals surface area contributed by atoms with E-state index in [9.17, 15) is 0 Å². The number of rotatable bonds is 4. The first-order valence-electron chi connectivity index (χ1n) is 11.2. The minimum Gasteiger partial charge on any atom is -0.0648 e. The van der Waals surface area contributed by atoms with Gasteiger partial charge in [-0.15, -0.1) is 0 Å². The SMILES string of the molecule is CCC(Cc1ccc2c(c1)Cc1ccccc1-2)c1ccc2c(c1)Cc1ccccc1-2. The van der Waals surface area contributed by atoms with Gasteiger partial charge in [-0.3, -0.25) is 0 Å². The average molecular weight is 387 g/mol. The third-order valence-corrected chi connectivity index (χ3v) is 7.12. The van der Waals surface area contributed by atoms with Gasteiger partial charge in [-0.25, -0.2) is 0 Å². The van der Waals surface area contributed by atoms with Crippen molar-refractivity contribution in [2.24, 2.45) is 0 Å². The molecule has 0 amide bonds. The predicted octanol–water partition coefficient (Wildman–Crippen LogP) is 7.57. The summed E-state index contributed by atoms with van der Waals surface area (Å²) >= 11 is 0. The van der Waals surface area contributed by atoms with E-state index in [1.807, 2.05) is 0 Å². The van der Waals surface area contributed by atoms with Gasteiger partial charge in [0, 0.05) is 0 Å². The van der Waals surface area contributed by atoms with E-state index < -0.39 is 0 Å². The molecule has 0 spiro atoms. The standard InChI is InChI=1S/C30H26/c1-2-21(22-12-14-30-26(17-22)19-24-8-4-6-10-28(24)30)15-20-11-13-29-25(16-20)18-23-7-3-5-9-27(23)29/h3-14,16-17,21H,2,15,18-19H2,1H3. The molecule has 0 N–H and O–H groups in total. The van der Waals surface area contributed by atoms with Crippen LogP contribution in [0.2, 0.25) is 0 Å². The van der Waals surface area contributed by atoms with E-state index >= 15 is 0 Å². The van der Waals surface area contributed by atoms with Crippen molar-refractivity contribution < 1.29 is 0 Å². The van der Waals surface area contributed by atoms with E-state index in [1.54, 1.807) is 0 Å². The second-order valence-corrected chi connectivity index (χ2v) is 8.89. The molecule has 1 unspecified atom stereocenters. The number of hydrogen-bond acceptors (Lipinski definition) is 0. The van der Waals surface area contributed by atoms with E-state index in [2.05, 4.69) is 91.9 Å². The van der Waals surface area contributed by atoms with Crippen molar-refractivity contribution in [1.29, 1.82) is 0 Å². The molecular formula is C30H26. The van der Waals surface area contributed by atoms with Crippen LogP contribution in [-0.2, 0) is 19.3 Å². The molecule has 0 bridgehead atoms. The predicted molar refractivity (Wildman–Crippen MR) is 126 cm³/mol. The van der Waals surface area contributed by atoms with Crippen molar-refractivity contribution in [3.05, 3.63) is 118 Å². The summed E-state index contributed by atoms with van der Waals surface area (Å²) < 4.78 is 0. The Balaban J connectivity index is 1.28. The van der Waals surface area contributed by atoms with Gasteiger partial charge in [0.2, 0.25) is 0 Å². The lowest BCUT2D eigenvalue weighted by molar-refractivity contribution is 0.659. The fourth-order valence-corrected chi connectivity index (χ4v) is 5.53. The van der Waals surface area contributed by atoms with Crippen molar-refractivity contribution >= 4 is 0 Å². The number of benzene rings is 4. The fraction of sp³-hybridized carbons (Fsp3) is 0.200. The molecule has 30 heavy (non-hydrogen) atoms. The van der Waals surface area contributed by atoms with Gasteiger partial charge in [0.1, 0.15) is 0 Å². The highest BCUT2D eigenvalue weighted by Gasteiger charge is 2.21. The molecule has 6 rings (SSSR count). The van der Waals surface area contributed by atoms with Crippen LogP contribution in [0.5, 0.6) is 0 Å². The molecule has 2 aliphatic rings. The maximum Gasteiger partial charge on any atom is -0.00134 e. The van der Waals surface area contributed by atoms with E-state index in [-0.39, 0.29) is 0 Å². The molecule has 0 saturated heterocycles. The third-order valence-electron chi connectivity index (χ3n) is 7.12. The maximum absolute atomic E-state index is 2.48. The third kappa shape index (κ3) is 2.82. The minimum absolute atomic E-state index is 0.570. The summed E-state index contributed by atoms with van der Waals surface area (Å²) in [5.41, 5.74) is 14.6. The van der Waals surface area contributed by atoms with Crippen LogP contribution < -0.4 is 0 Å². The summed E-state index contributed by atoms with van der Waals surface area (Å²) in [5.74, 6) is 0.570. The first kappa shape index (κ1) is 17.7. The monoisotopic (exact) mass is 386 g/mol. The van der Waals surface area contributed by atoms with E-state index in [4.69, 9.17) is 0 Å². The molecule has 0 radical (unpaired) electrons. The molecule has 1 atom stereocenters. The van der Waals surface area contributed by atoms with Crippen molar-refractivity contribution in [3.63, 3.8) is 0 Å². The summed E-state index contributed by atoms with van der Waals surface area (Å²) in [6, 6.07) is 32.1. The van der Waals surface area contributed by atoms with E-state index in [0.29, 0.717) is 5.92 Å². The fourth-order valence-electron chi connectivity index (χ4n) is 5.53. The van der Waals surface area contributed by atoms with Gasteiger partial charge in [-0.1, -0.05) is 91.9 Å². The zero-order valence-corrected chi connectivity index (χ0v) is 17.5. The number of hydrogen-bond donors (Lipinski definition) is 0. The van der Waals surface area contributed by atoms with Crippen LogP contribution in [-0.4, -0.2) is 0 Å². The van der Waals surface area contributed by atoms with Crippen molar-refractivity contribution in [1.82, 2.24) is 0 Å². The summed E-state index contributed by atoms with van der Waals surface area (Å²) in [6.07, 6.45) is 4.44. The molecule has 0 fully saturated rings. The second kappa shape index (κ2) is 6.99. The normalized spacial score (nSPS) is 14.0. The minimum atomic E-state index is 0.570. The molecule has 2 aliphatic carbocycles. The van der Waals surface area contributed by atoms with Crippen LogP contribution in [0, 0.1) is 0 Å². The van der Waals surface area contributed by atoms with Crippen LogP contribution in [0.4, 0.5) is 0 Å². The molecule has 4 aromatic carbocycles. The molecule has 0 aliphatic heterocycles. The highest BCUT2D eigenvalue weighted by molar-refractivity contribution is 5.78. The van der Waals surface area contributed by atoms with Crippen LogP contribution in [0.25, 0.3) is 22.3 Å². The Labute approximate surface area is 179 Å². The molecule has 0 heterocycles. The van der Waals surface area contributed by atoms with Crippen molar-refractivity contribution in [2.45, 2.75) is 38.5 Å². The topological polar surface area (TPSA) is 0 Å². The molecule has 0 nitrogen and oxygen atoms in total. The Morgan fingerprint density at radius 3 is 1.83 bits per heavy atom. The van der Waals surface area contributed by atoms with Gasteiger partial charge in [-0.2, -0.15) is 0 Å². The summed E-state index contributed by atoms with van der Waals surface area (Å²) in [5, 5.41) is 0. The summed E-state index contributed by atoms with van der Waals surface area (Å²) in [6.45, 7) is 2.33. The van der Waals surface area contributed by atoms with Gasteiger partial charge in [0.15, 0.2) is 0 Å². The first-order valence-corrected chi connectivity index (χ1v) is 11.2. The zero-order chi connectivity index (χ0) is 20.1. The first-order chi connectivity index (χ1) is 14.8. The van der Waals surface area contributed by atoms with Gasteiger partial charge in [0.25, 0.3) is 0 Å². The molecule has 0 heteroatoms. The Bertz CT molecular complexity index is 1260. The second-order valence-electron chi connectivity index (χ2n) is 8.89. The highest BCUT2D eigenvalue weighted by atomic mass is 14.3. The molecule has 0 aromatic heterocycles. The lowest BCUT2D eigenvalue weighted by atomic mass is 9.87. The highest BCUT2D eigenvalue weighted by Crippen LogP contribution is 2.40. The van der Waals surface area contributed by atoms with E-state index in [1.165, 1.54) is 62.1 Å². The smallest absolute Gasteiger partial charge is 0.00134 e. The van der Waals surface area contributed by atoms with Crippen LogP contribution in [0.1, 0.15) is 52.6 Å². The number of fused-ring (bicyclic) bond motifs is 6. The van der Waals surface area contributed by atoms with Gasteiger partial charge < -0.3 is 0 Å². The molecule has 4 aromatic rings. The van der Waals surface area contributed by atoms with Crippen LogP contribution in [0.3, 0.4) is 0 Å². The van der Waals surface area contributed by atoms with Crippen molar-refractivity contribution in [2.75, 3.05) is 0 Å².